The van der Waals surface area contributed by atoms with Crippen molar-refractivity contribution in [3.8, 4) is 0 Å². The second-order valence-corrected chi connectivity index (χ2v) is 9.87. The number of para-hydroxylation sites is 2. The van der Waals surface area contributed by atoms with Crippen molar-refractivity contribution in [2.75, 3.05) is 37.6 Å². The predicted molar refractivity (Wildman–Crippen MR) is 133 cm³/mol. The minimum atomic E-state index is 0.107. The van der Waals surface area contributed by atoms with Crippen LogP contribution < -0.4 is 10.2 Å². The van der Waals surface area contributed by atoms with Gasteiger partial charge in [-0.25, -0.2) is 4.98 Å². The number of piperidine rings is 2. The van der Waals surface area contributed by atoms with E-state index < -0.39 is 0 Å². The Morgan fingerprint density at radius 1 is 1.00 bits per heavy atom. The van der Waals surface area contributed by atoms with E-state index in [0.717, 1.165) is 87.0 Å². The maximum atomic E-state index is 12.8. The van der Waals surface area contributed by atoms with E-state index >= 15 is 0 Å². The lowest BCUT2D eigenvalue weighted by Gasteiger charge is -2.33. The van der Waals surface area contributed by atoms with Gasteiger partial charge >= 0.3 is 0 Å². The molecule has 6 nitrogen and oxygen atoms in total. The fourth-order valence-corrected chi connectivity index (χ4v) is 5.15. The Balaban J connectivity index is 1.03. The minimum Gasteiger partial charge on any atom is -0.356 e. The molecule has 0 bridgehead atoms. The van der Waals surface area contributed by atoms with Crippen molar-refractivity contribution in [2.45, 2.75) is 32.2 Å². The molecule has 7 heteroatoms. The number of imidazole rings is 1. The van der Waals surface area contributed by atoms with Gasteiger partial charge in [-0.15, -0.1) is 0 Å². The summed E-state index contributed by atoms with van der Waals surface area (Å²) in [7, 11) is 0. The fraction of sp³-hybridized carbons (Fsp3) is 0.462. The number of amides is 1. The monoisotopic (exact) mass is 465 g/mol. The number of nitrogens with one attached hydrogen (secondary N) is 2. The highest BCUT2D eigenvalue weighted by molar-refractivity contribution is 6.30. The molecule has 174 valence electrons. The fourth-order valence-electron chi connectivity index (χ4n) is 5.03. The molecule has 33 heavy (non-hydrogen) atoms. The van der Waals surface area contributed by atoms with E-state index in [4.69, 9.17) is 16.6 Å². The normalized spacial score (nSPS) is 18.6. The van der Waals surface area contributed by atoms with Crippen LogP contribution in [0.3, 0.4) is 0 Å². The highest BCUT2D eigenvalue weighted by atomic mass is 35.5. The molecule has 0 aliphatic carbocycles. The second-order valence-electron chi connectivity index (χ2n) is 9.43. The smallest absolute Gasteiger partial charge is 0.223 e. The predicted octanol–water partition coefficient (Wildman–Crippen LogP) is 4.46. The van der Waals surface area contributed by atoms with Crippen LogP contribution in [0.5, 0.6) is 0 Å². The number of H-pyrrole nitrogens is 1. The molecule has 0 atom stereocenters. The summed E-state index contributed by atoms with van der Waals surface area (Å²) >= 11 is 5.99. The molecule has 1 aromatic heterocycles. The third-order valence-corrected chi connectivity index (χ3v) is 7.39. The number of anilines is 1. The number of rotatable bonds is 6. The van der Waals surface area contributed by atoms with Crippen LogP contribution in [-0.4, -0.2) is 53.5 Å². The van der Waals surface area contributed by atoms with Gasteiger partial charge < -0.3 is 15.2 Å². The zero-order valence-electron chi connectivity index (χ0n) is 19.0. The van der Waals surface area contributed by atoms with Crippen molar-refractivity contribution in [3.05, 3.63) is 59.1 Å². The lowest BCUT2D eigenvalue weighted by molar-refractivity contribution is -0.125. The van der Waals surface area contributed by atoms with Crippen molar-refractivity contribution < 1.29 is 4.79 Å². The van der Waals surface area contributed by atoms with Crippen molar-refractivity contribution in [1.82, 2.24) is 20.2 Å². The number of aromatic nitrogens is 2. The largest absolute Gasteiger partial charge is 0.356 e. The first-order chi connectivity index (χ1) is 16.1. The minimum absolute atomic E-state index is 0.107. The van der Waals surface area contributed by atoms with Crippen LogP contribution in [0.2, 0.25) is 5.02 Å². The quantitative estimate of drug-likeness (QED) is 0.564. The number of aromatic amines is 1. The van der Waals surface area contributed by atoms with Gasteiger partial charge in [0, 0.05) is 37.1 Å². The number of likely N-dealkylation sites (tertiary alicyclic amines) is 1. The SMILES string of the molecule is O=C(NCC1CCN(Cc2ccc(Cl)cc2)CC1)C1CCN(c2nc3ccccc3[nH]2)CC1. The summed E-state index contributed by atoms with van der Waals surface area (Å²) in [5.41, 5.74) is 3.36. The average molecular weight is 466 g/mol. The molecule has 0 spiro atoms. The third-order valence-electron chi connectivity index (χ3n) is 7.13. The number of hydrogen-bond donors (Lipinski definition) is 2. The number of carbonyl (C=O) groups excluding carboxylic acids is 1. The number of fused-ring (bicyclic) bond motifs is 1. The molecule has 2 saturated heterocycles. The summed E-state index contributed by atoms with van der Waals surface area (Å²) in [6, 6.07) is 16.2. The molecule has 2 aliphatic heterocycles. The highest BCUT2D eigenvalue weighted by Crippen LogP contribution is 2.24. The van der Waals surface area contributed by atoms with E-state index in [1.54, 1.807) is 0 Å². The molecule has 2 aliphatic rings. The summed E-state index contributed by atoms with van der Waals surface area (Å²) in [6.07, 6.45) is 4.03. The molecule has 2 N–H and O–H groups in total. The number of halogens is 1. The van der Waals surface area contributed by atoms with Crippen LogP contribution >= 0.6 is 11.6 Å². The standard InChI is InChI=1S/C26H32ClN5O/c27-22-7-5-20(6-8-22)18-31-13-9-19(10-14-31)17-28-25(33)21-11-15-32(16-12-21)26-29-23-3-1-2-4-24(23)30-26/h1-8,19,21H,9-18H2,(H,28,33)(H,29,30). The number of hydrogen-bond acceptors (Lipinski definition) is 4. The van der Waals surface area contributed by atoms with Crippen LogP contribution in [0.1, 0.15) is 31.2 Å². The topological polar surface area (TPSA) is 64.3 Å². The molecular formula is C26H32ClN5O. The van der Waals surface area contributed by atoms with Crippen LogP contribution in [-0.2, 0) is 11.3 Å². The zero-order chi connectivity index (χ0) is 22.6. The maximum Gasteiger partial charge on any atom is 0.223 e. The van der Waals surface area contributed by atoms with Gasteiger partial charge in [-0.1, -0.05) is 35.9 Å². The number of carbonyl (C=O) groups is 1. The van der Waals surface area contributed by atoms with Gasteiger partial charge in [-0.05, 0) is 74.5 Å². The van der Waals surface area contributed by atoms with Gasteiger partial charge in [-0.3, -0.25) is 9.69 Å². The Morgan fingerprint density at radius 3 is 2.45 bits per heavy atom. The van der Waals surface area contributed by atoms with Gasteiger partial charge in [-0.2, -0.15) is 0 Å². The van der Waals surface area contributed by atoms with Gasteiger partial charge in [0.2, 0.25) is 11.9 Å². The first kappa shape index (κ1) is 22.2. The van der Waals surface area contributed by atoms with Crippen molar-refractivity contribution in [2.24, 2.45) is 11.8 Å². The molecular weight excluding hydrogens is 434 g/mol. The van der Waals surface area contributed by atoms with Crippen molar-refractivity contribution in [1.29, 1.82) is 0 Å². The van der Waals surface area contributed by atoms with Gasteiger partial charge in [0.15, 0.2) is 0 Å². The molecule has 2 aromatic carbocycles. The maximum absolute atomic E-state index is 12.8. The Kier molecular flexibility index (Phi) is 6.83. The summed E-state index contributed by atoms with van der Waals surface area (Å²) in [5, 5.41) is 4.04. The Hall–Kier alpha value is -2.57. The first-order valence-corrected chi connectivity index (χ1v) is 12.5. The van der Waals surface area contributed by atoms with Crippen LogP contribution in [0, 0.1) is 11.8 Å². The van der Waals surface area contributed by atoms with Gasteiger partial charge in [0.05, 0.1) is 11.0 Å². The summed E-state index contributed by atoms with van der Waals surface area (Å²) in [5.74, 6) is 1.82. The molecule has 3 heterocycles. The van der Waals surface area contributed by atoms with E-state index in [1.807, 2.05) is 36.4 Å². The van der Waals surface area contributed by atoms with Gasteiger partial charge in [0.25, 0.3) is 0 Å². The molecule has 2 fully saturated rings. The third kappa shape index (κ3) is 5.50. The lowest BCUT2D eigenvalue weighted by atomic mass is 9.94. The van der Waals surface area contributed by atoms with Gasteiger partial charge in [0.1, 0.15) is 0 Å². The summed E-state index contributed by atoms with van der Waals surface area (Å²) < 4.78 is 0. The lowest BCUT2D eigenvalue weighted by Crippen LogP contribution is -2.43. The van der Waals surface area contributed by atoms with E-state index in [1.165, 1.54) is 5.56 Å². The zero-order valence-corrected chi connectivity index (χ0v) is 19.7. The average Bonchev–Trinajstić information content (AvgIpc) is 3.29. The van der Waals surface area contributed by atoms with Crippen molar-refractivity contribution >= 4 is 34.5 Å². The Labute approximate surface area is 200 Å². The Bertz CT molecular complexity index is 1030. The summed E-state index contributed by atoms with van der Waals surface area (Å²) in [6.45, 7) is 5.66. The molecule has 0 saturated carbocycles. The molecule has 3 aromatic rings. The highest BCUT2D eigenvalue weighted by Gasteiger charge is 2.27. The number of nitrogens with zero attached hydrogens (tertiary/aromatic N) is 3. The van der Waals surface area contributed by atoms with Crippen molar-refractivity contribution in [3.63, 3.8) is 0 Å². The molecule has 0 unspecified atom stereocenters. The van der Waals surface area contributed by atoms with E-state index in [9.17, 15) is 4.79 Å². The first-order valence-electron chi connectivity index (χ1n) is 12.1. The summed E-state index contributed by atoms with van der Waals surface area (Å²) in [4.78, 5) is 25.6. The molecule has 5 rings (SSSR count). The van der Waals surface area contributed by atoms with Crippen LogP contribution in [0.4, 0.5) is 5.95 Å². The van der Waals surface area contributed by atoms with Crippen LogP contribution in [0.15, 0.2) is 48.5 Å². The number of benzene rings is 2. The van der Waals surface area contributed by atoms with E-state index in [-0.39, 0.29) is 11.8 Å². The molecule has 0 radical (unpaired) electrons. The Morgan fingerprint density at radius 2 is 1.73 bits per heavy atom. The second kappa shape index (κ2) is 10.1. The van der Waals surface area contributed by atoms with E-state index in [0.29, 0.717) is 5.92 Å². The van der Waals surface area contributed by atoms with Crippen LogP contribution in [0.25, 0.3) is 11.0 Å². The molecule has 1 amide bonds. The van der Waals surface area contributed by atoms with E-state index in [2.05, 4.69) is 32.2 Å².